The van der Waals surface area contributed by atoms with Crippen LogP contribution in [0.25, 0.3) is 11.6 Å². The number of hydrogen-bond acceptors (Lipinski definition) is 6. The Labute approximate surface area is 101 Å². The van der Waals surface area contributed by atoms with E-state index in [2.05, 4.69) is 20.2 Å². The summed E-state index contributed by atoms with van der Waals surface area (Å²) in [5.41, 5.74) is 0.319. The number of rotatable bonds is 2. The Hall–Kier alpha value is -2.33. The highest BCUT2D eigenvalue weighted by molar-refractivity contribution is 7.89. The summed E-state index contributed by atoms with van der Waals surface area (Å²) in [5.74, 6) is 0.319. The highest BCUT2D eigenvalue weighted by Crippen LogP contribution is 2.08. The molecule has 0 fully saturated rings. The van der Waals surface area contributed by atoms with Gasteiger partial charge in [-0.2, -0.15) is 14.6 Å². The van der Waals surface area contributed by atoms with Gasteiger partial charge in [0.25, 0.3) is 21.1 Å². The van der Waals surface area contributed by atoms with Gasteiger partial charge in [0.15, 0.2) is 5.65 Å². The van der Waals surface area contributed by atoms with Crippen molar-refractivity contribution in [3.8, 4) is 5.95 Å². The molecule has 10 heteroatoms. The van der Waals surface area contributed by atoms with E-state index in [1.165, 1.54) is 21.5 Å². The molecule has 0 saturated heterocycles. The van der Waals surface area contributed by atoms with Crippen LogP contribution in [0.15, 0.2) is 35.9 Å². The largest absolute Gasteiger partial charge is 0.283 e. The summed E-state index contributed by atoms with van der Waals surface area (Å²) < 4.78 is 25.1. The van der Waals surface area contributed by atoms with Gasteiger partial charge >= 0.3 is 0 Å². The van der Waals surface area contributed by atoms with Gasteiger partial charge in [-0.3, -0.25) is 0 Å². The Balaban J connectivity index is 2.32. The third-order valence-electron chi connectivity index (χ3n) is 2.18. The first-order valence-electron chi connectivity index (χ1n) is 4.80. The third kappa shape index (κ3) is 1.63. The number of sulfonamides is 1. The molecule has 0 amide bonds. The summed E-state index contributed by atoms with van der Waals surface area (Å²) in [6.45, 7) is 0. The molecule has 0 aliphatic rings. The van der Waals surface area contributed by atoms with E-state index < -0.39 is 15.2 Å². The zero-order valence-electron chi connectivity index (χ0n) is 8.87. The number of nitrogens with zero attached hydrogens (tertiary/aromatic N) is 6. The second kappa shape index (κ2) is 3.58. The molecule has 0 radical (unpaired) electrons. The first-order valence-corrected chi connectivity index (χ1v) is 6.35. The molecule has 9 nitrogen and oxygen atoms in total. The van der Waals surface area contributed by atoms with E-state index in [4.69, 9.17) is 5.14 Å². The minimum Gasteiger partial charge on any atom is -0.222 e. The lowest BCUT2D eigenvalue weighted by molar-refractivity contribution is 0.588. The number of hydrogen-bond donors (Lipinski definition) is 1. The van der Waals surface area contributed by atoms with Crippen LogP contribution in [-0.2, 0) is 10.0 Å². The Morgan fingerprint density at radius 1 is 1.28 bits per heavy atom. The molecular weight excluding hydrogens is 258 g/mol. The van der Waals surface area contributed by atoms with E-state index in [0.29, 0.717) is 11.6 Å². The van der Waals surface area contributed by atoms with E-state index in [0.717, 1.165) is 0 Å². The average molecular weight is 265 g/mol. The maximum Gasteiger partial charge on any atom is 0.283 e. The van der Waals surface area contributed by atoms with Crippen LogP contribution in [-0.4, -0.2) is 37.8 Å². The van der Waals surface area contributed by atoms with Gasteiger partial charge in [-0.25, -0.2) is 23.2 Å². The normalized spacial score (nSPS) is 12.1. The van der Waals surface area contributed by atoms with Gasteiger partial charge in [0, 0.05) is 24.7 Å². The maximum absolute atomic E-state index is 11.2. The highest BCUT2D eigenvalue weighted by Gasteiger charge is 2.17. The van der Waals surface area contributed by atoms with Crippen LogP contribution < -0.4 is 5.14 Å². The van der Waals surface area contributed by atoms with Crippen LogP contribution in [0, 0.1) is 0 Å². The molecule has 18 heavy (non-hydrogen) atoms. The van der Waals surface area contributed by atoms with Crippen molar-refractivity contribution in [1.82, 2.24) is 29.4 Å². The lowest BCUT2D eigenvalue weighted by Crippen LogP contribution is -2.14. The van der Waals surface area contributed by atoms with Crippen LogP contribution in [0.1, 0.15) is 0 Å². The molecule has 3 rings (SSSR count). The Morgan fingerprint density at radius 2 is 2.11 bits per heavy atom. The summed E-state index contributed by atoms with van der Waals surface area (Å²) in [7, 11) is -3.95. The Kier molecular flexibility index (Phi) is 2.15. The maximum atomic E-state index is 11.2. The number of fused-ring (bicyclic) bond motifs is 1. The van der Waals surface area contributed by atoms with E-state index >= 15 is 0 Å². The van der Waals surface area contributed by atoms with Crippen LogP contribution in [0.2, 0.25) is 0 Å². The molecule has 0 unspecified atom stereocenters. The van der Waals surface area contributed by atoms with Crippen molar-refractivity contribution >= 4 is 15.7 Å². The zero-order valence-corrected chi connectivity index (χ0v) is 9.69. The Morgan fingerprint density at radius 3 is 2.78 bits per heavy atom. The molecule has 0 bridgehead atoms. The minimum atomic E-state index is -3.95. The first kappa shape index (κ1) is 10.8. The number of primary sulfonamides is 1. The molecule has 3 heterocycles. The van der Waals surface area contributed by atoms with Gasteiger partial charge < -0.3 is 0 Å². The third-order valence-corrected chi connectivity index (χ3v) is 2.86. The second-order valence-electron chi connectivity index (χ2n) is 3.40. The van der Waals surface area contributed by atoms with Gasteiger partial charge in [-0.15, -0.1) is 5.10 Å². The summed E-state index contributed by atoms with van der Waals surface area (Å²) in [6.07, 6.45) is 4.70. The van der Waals surface area contributed by atoms with Crippen molar-refractivity contribution in [1.29, 1.82) is 0 Å². The summed E-state index contributed by atoms with van der Waals surface area (Å²) in [6, 6.07) is 3.23. The van der Waals surface area contributed by atoms with E-state index in [1.807, 2.05) is 0 Å². The van der Waals surface area contributed by atoms with Crippen molar-refractivity contribution in [2.45, 2.75) is 5.16 Å². The molecule has 0 aromatic carbocycles. The monoisotopic (exact) mass is 265 g/mol. The molecule has 0 atom stereocenters. The lowest BCUT2D eigenvalue weighted by Gasteiger charge is -2.00. The average Bonchev–Trinajstić information content (AvgIpc) is 2.96. The number of nitrogens with two attached hydrogens (primary N) is 1. The second-order valence-corrected chi connectivity index (χ2v) is 4.86. The van der Waals surface area contributed by atoms with Crippen molar-refractivity contribution in [2.24, 2.45) is 5.14 Å². The van der Waals surface area contributed by atoms with Gasteiger partial charge in [-0.05, 0) is 6.07 Å². The van der Waals surface area contributed by atoms with Crippen LogP contribution >= 0.6 is 0 Å². The molecule has 3 aromatic rings. The summed E-state index contributed by atoms with van der Waals surface area (Å²) in [5, 5.41) is 12.3. The standard InChI is InChI=1S/C8H7N7O2S/c9-18(16,17)7-12-6-2-4-10-8(15(6)13-7)14-5-1-3-11-14/h1-5H,(H2,9,16,17). The van der Waals surface area contributed by atoms with Gasteiger partial charge in [0.05, 0.1) is 0 Å². The highest BCUT2D eigenvalue weighted by atomic mass is 32.2. The first-order chi connectivity index (χ1) is 8.55. The molecule has 0 saturated carbocycles. The Bertz CT molecular complexity index is 805. The molecule has 0 aliphatic heterocycles. The molecule has 92 valence electrons. The van der Waals surface area contributed by atoms with Crippen molar-refractivity contribution in [3.05, 3.63) is 30.7 Å². The van der Waals surface area contributed by atoms with Crippen molar-refractivity contribution in [3.63, 3.8) is 0 Å². The lowest BCUT2D eigenvalue weighted by atomic mass is 10.6. The quantitative estimate of drug-likeness (QED) is 0.631. The smallest absolute Gasteiger partial charge is 0.222 e. The van der Waals surface area contributed by atoms with Crippen LogP contribution in [0.4, 0.5) is 0 Å². The fourth-order valence-electron chi connectivity index (χ4n) is 1.45. The van der Waals surface area contributed by atoms with Crippen LogP contribution in [0.5, 0.6) is 0 Å². The van der Waals surface area contributed by atoms with Crippen molar-refractivity contribution < 1.29 is 8.42 Å². The predicted octanol–water partition coefficient (Wildman–Crippen LogP) is -1.04. The molecular formula is C8H7N7O2S. The van der Waals surface area contributed by atoms with E-state index in [9.17, 15) is 8.42 Å². The number of aromatic nitrogens is 6. The SMILES string of the molecule is NS(=O)(=O)c1nc2ccnc(-n3cccn3)n2n1. The van der Waals surface area contributed by atoms with Gasteiger partial charge in [-0.1, -0.05) is 0 Å². The fourth-order valence-corrected chi connectivity index (χ4v) is 1.86. The molecule has 0 spiro atoms. The topological polar surface area (TPSA) is 121 Å². The minimum absolute atomic E-state index is 0.319. The zero-order chi connectivity index (χ0) is 12.8. The summed E-state index contributed by atoms with van der Waals surface area (Å²) in [4.78, 5) is 7.88. The molecule has 0 aliphatic carbocycles. The van der Waals surface area contributed by atoms with Gasteiger partial charge in [0.1, 0.15) is 0 Å². The summed E-state index contributed by atoms with van der Waals surface area (Å²) >= 11 is 0. The van der Waals surface area contributed by atoms with Crippen LogP contribution in [0.3, 0.4) is 0 Å². The molecule has 2 N–H and O–H groups in total. The van der Waals surface area contributed by atoms with E-state index in [1.54, 1.807) is 18.5 Å². The van der Waals surface area contributed by atoms with Gasteiger partial charge in [0.2, 0.25) is 0 Å². The van der Waals surface area contributed by atoms with Crippen molar-refractivity contribution in [2.75, 3.05) is 0 Å². The molecule has 3 aromatic heterocycles. The predicted molar refractivity (Wildman–Crippen MR) is 59.3 cm³/mol. The van der Waals surface area contributed by atoms with E-state index in [-0.39, 0.29) is 0 Å². The fraction of sp³-hybridized carbons (Fsp3) is 0.